The Bertz CT molecular complexity index is 1080. The van der Waals surface area contributed by atoms with E-state index in [0.29, 0.717) is 12.0 Å². The van der Waals surface area contributed by atoms with Gasteiger partial charge in [-0.3, -0.25) is 0 Å². The fourth-order valence-electron chi connectivity index (χ4n) is 5.39. The van der Waals surface area contributed by atoms with Crippen molar-refractivity contribution in [2.24, 2.45) is 7.05 Å². The van der Waals surface area contributed by atoms with Crippen molar-refractivity contribution < 1.29 is 4.79 Å². The molecule has 1 saturated heterocycles. The summed E-state index contributed by atoms with van der Waals surface area (Å²) in [6.07, 6.45) is 4.33. The number of nitrogens with one attached hydrogen (secondary N) is 1. The lowest BCUT2D eigenvalue weighted by Crippen LogP contribution is -2.55. The molecule has 1 fully saturated rings. The van der Waals surface area contributed by atoms with E-state index in [0.717, 1.165) is 30.8 Å². The van der Waals surface area contributed by atoms with Gasteiger partial charge in [0.1, 0.15) is 0 Å². The van der Waals surface area contributed by atoms with Gasteiger partial charge in [-0.05, 0) is 57.0 Å². The van der Waals surface area contributed by atoms with Gasteiger partial charge in [0.05, 0.1) is 5.69 Å². The highest BCUT2D eigenvalue weighted by molar-refractivity contribution is 5.89. The molecule has 3 heterocycles. The standard InChI is InChI=1S/C22H27N5O/c1-13-8-14(2)27(24-13)22(28)23-16-10-18-17-6-5-7-19-21(17)15(11-25(19)3)9-20(18)26(4)12-16/h5-8,11,16,18,20H,9-10,12H2,1-4H3,(H,23,28)/t16-,18+,20+/m1/s1. The molecule has 0 radical (unpaired) electrons. The average Bonchev–Trinajstić information content (AvgIpc) is 3.16. The van der Waals surface area contributed by atoms with E-state index < -0.39 is 0 Å². The summed E-state index contributed by atoms with van der Waals surface area (Å²) in [6, 6.07) is 9.06. The molecule has 0 bridgehead atoms. The second-order valence-electron chi connectivity index (χ2n) is 8.55. The Hall–Kier alpha value is -2.60. The van der Waals surface area contributed by atoms with Crippen LogP contribution in [0.5, 0.6) is 0 Å². The number of piperidine rings is 1. The molecule has 6 heteroatoms. The normalized spacial score (nSPS) is 24.4. The molecule has 6 nitrogen and oxygen atoms in total. The third-order valence-electron chi connectivity index (χ3n) is 6.56. The van der Waals surface area contributed by atoms with Gasteiger partial charge in [0, 0.05) is 54.4 Å². The lowest BCUT2D eigenvalue weighted by molar-refractivity contribution is 0.128. The Morgan fingerprint density at radius 2 is 2.07 bits per heavy atom. The van der Waals surface area contributed by atoms with Gasteiger partial charge in [-0.25, -0.2) is 4.79 Å². The minimum absolute atomic E-state index is 0.114. The molecule has 28 heavy (non-hydrogen) atoms. The molecule has 1 aliphatic carbocycles. The molecular formula is C22H27N5O. The first-order valence-corrected chi connectivity index (χ1v) is 10.0. The van der Waals surface area contributed by atoms with Crippen LogP contribution >= 0.6 is 0 Å². The molecule has 2 aliphatic rings. The molecule has 1 amide bonds. The SMILES string of the molecule is Cc1cc(C)n(C(=O)N[C@@H]2C[C@H]3c4cccc5c4c(cn5C)C[C@@H]3N(C)C2)n1. The molecular weight excluding hydrogens is 350 g/mol. The molecule has 3 atom stereocenters. The van der Waals surface area contributed by atoms with E-state index in [1.807, 2.05) is 19.9 Å². The molecule has 2 aromatic heterocycles. The quantitative estimate of drug-likeness (QED) is 0.709. The molecule has 0 spiro atoms. The number of carbonyl (C=O) groups is 1. The summed E-state index contributed by atoms with van der Waals surface area (Å²) < 4.78 is 3.73. The van der Waals surface area contributed by atoms with Crippen molar-refractivity contribution in [3.8, 4) is 0 Å². The Morgan fingerprint density at radius 1 is 1.25 bits per heavy atom. The second kappa shape index (κ2) is 6.21. The predicted octanol–water partition coefficient (Wildman–Crippen LogP) is 2.96. The number of nitrogens with zero attached hydrogens (tertiary/aromatic N) is 4. The predicted molar refractivity (Wildman–Crippen MR) is 110 cm³/mol. The van der Waals surface area contributed by atoms with E-state index in [1.165, 1.54) is 26.7 Å². The van der Waals surface area contributed by atoms with Gasteiger partial charge in [0.2, 0.25) is 0 Å². The van der Waals surface area contributed by atoms with Crippen LogP contribution < -0.4 is 5.32 Å². The van der Waals surface area contributed by atoms with Crippen LogP contribution in [0.15, 0.2) is 30.5 Å². The largest absolute Gasteiger partial charge is 0.350 e. The Labute approximate surface area is 165 Å². The molecule has 5 rings (SSSR count). The van der Waals surface area contributed by atoms with Crippen LogP contribution in [0.4, 0.5) is 4.79 Å². The van der Waals surface area contributed by atoms with Gasteiger partial charge in [-0.15, -0.1) is 0 Å². The summed E-state index contributed by atoms with van der Waals surface area (Å²) in [4.78, 5) is 15.2. The lowest BCUT2D eigenvalue weighted by Gasteiger charge is -2.45. The maximum absolute atomic E-state index is 12.8. The third-order valence-corrected chi connectivity index (χ3v) is 6.56. The van der Waals surface area contributed by atoms with E-state index in [2.05, 4.69) is 58.4 Å². The summed E-state index contributed by atoms with van der Waals surface area (Å²) in [6.45, 7) is 4.70. The maximum atomic E-state index is 12.8. The number of likely N-dealkylation sites (N-methyl/N-ethyl adjacent to an activating group) is 1. The number of rotatable bonds is 1. The zero-order chi connectivity index (χ0) is 19.6. The number of amides is 1. The van der Waals surface area contributed by atoms with Crippen LogP contribution in [0.1, 0.15) is 34.9 Å². The van der Waals surface area contributed by atoms with E-state index >= 15 is 0 Å². The Morgan fingerprint density at radius 3 is 2.82 bits per heavy atom. The van der Waals surface area contributed by atoms with Crippen molar-refractivity contribution >= 4 is 16.9 Å². The van der Waals surface area contributed by atoms with Gasteiger partial charge >= 0.3 is 6.03 Å². The highest BCUT2D eigenvalue weighted by atomic mass is 16.2. The Balaban J connectivity index is 1.45. The first kappa shape index (κ1) is 17.5. The van der Waals surface area contributed by atoms with Crippen LogP contribution in [0.2, 0.25) is 0 Å². The number of aryl methyl sites for hydroxylation is 3. The third kappa shape index (κ3) is 2.58. The van der Waals surface area contributed by atoms with Crippen molar-refractivity contribution in [1.29, 1.82) is 0 Å². The van der Waals surface area contributed by atoms with Crippen molar-refractivity contribution in [3.05, 3.63) is 53.0 Å². The summed E-state index contributed by atoms with van der Waals surface area (Å²) >= 11 is 0. The molecule has 0 saturated carbocycles. The number of fused-ring (bicyclic) bond motifs is 2. The number of carbonyl (C=O) groups excluding carboxylic acids is 1. The van der Waals surface area contributed by atoms with Crippen molar-refractivity contribution in [3.63, 3.8) is 0 Å². The van der Waals surface area contributed by atoms with Crippen LogP contribution in [0.3, 0.4) is 0 Å². The van der Waals surface area contributed by atoms with E-state index in [4.69, 9.17) is 0 Å². The molecule has 3 aromatic rings. The summed E-state index contributed by atoms with van der Waals surface area (Å²) in [5, 5.41) is 8.98. The first-order valence-electron chi connectivity index (χ1n) is 10.0. The van der Waals surface area contributed by atoms with Gasteiger partial charge in [0.25, 0.3) is 0 Å². The van der Waals surface area contributed by atoms with Gasteiger partial charge in [-0.2, -0.15) is 9.78 Å². The number of hydrogen-bond acceptors (Lipinski definition) is 3. The first-order chi connectivity index (χ1) is 13.4. The topological polar surface area (TPSA) is 55.1 Å². The van der Waals surface area contributed by atoms with E-state index in [9.17, 15) is 4.79 Å². The fourth-order valence-corrected chi connectivity index (χ4v) is 5.39. The monoisotopic (exact) mass is 377 g/mol. The van der Waals surface area contributed by atoms with E-state index in [-0.39, 0.29) is 12.1 Å². The summed E-state index contributed by atoms with van der Waals surface area (Å²) in [7, 11) is 4.32. The maximum Gasteiger partial charge on any atom is 0.342 e. The zero-order valence-corrected chi connectivity index (χ0v) is 16.9. The number of hydrogen-bond donors (Lipinski definition) is 1. The van der Waals surface area contributed by atoms with Crippen molar-refractivity contribution in [2.75, 3.05) is 13.6 Å². The van der Waals surface area contributed by atoms with Crippen LogP contribution in [0.25, 0.3) is 10.9 Å². The van der Waals surface area contributed by atoms with Crippen LogP contribution in [0, 0.1) is 13.8 Å². The molecule has 1 aromatic carbocycles. The van der Waals surface area contributed by atoms with Crippen LogP contribution in [-0.4, -0.2) is 51.0 Å². The van der Waals surface area contributed by atoms with Gasteiger partial charge < -0.3 is 14.8 Å². The summed E-state index contributed by atoms with van der Waals surface area (Å²) in [5.41, 5.74) is 5.92. The minimum atomic E-state index is -0.128. The zero-order valence-electron chi connectivity index (χ0n) is 16.9. The minimum Gasteiger partial charge on any atom is -0.350 e. The second-order valence-corrected chi connectivity index (χ2v) is 8.55. The lowest BCUT2D eigenvalue weighted by atomic mass is 9.74. The highest BCUT2D eigenvalue weighted by Gasteiger charge is 2.40. The molecule has 0 unspecified atom stereocenters. The van der Waals surface area contributed by atoms with E-state index in [1.54, 1.807) is 0 Å². The molecule has 1 N–H and O–H groups in total. The smallest absolute Gasteiger partial charge is 0.342 e. The molecule has 1 aliphatic heterocycles. The van der Waals surface area contributed by atoms with Gasteiger partial charge in [-0.1, -0.05) is 12.1 Å². The highest BCUT2D eigenvalue weighted by Crippen LogP contribution is 2.43. The fraction of sp³-hybridized carbons (Fsp3) is 0.455. The Kier molecular flexibility index (Phi) is 3.88. The van der Waals surface area contributed by atoms with Crippen molar-refractivity contribution in [1.82, 2.24) is 24.6 Å². The summed E-state index contributed by atoms with van der Waals surface area (Å²) in [5.74, 6) is 0.433. The number of likely N-dealkylation sites (tertiary alicyclic amines) is 1. The number of aromatic nitrogens is 3. The molecule has 146 valence electrons. The van der Waals surface area contributed by atoms with Gasteiger partial charge in [0.15, 0.2) is 0 Å². The number of benzene rings is 1. The average molecular weight is 377 g/mol. The van der Waals surface area contributed by atoms with Crippen molar-refractivity contribution in [2.45, 2.75) is 44.7 Å². The van der Waals surface area contributed by atoms with Crippen LogP contribution in [-0.2, 0) is 13.5 Å².